The highest BCUT2D eigenvalue weighted by atomic mass is 15.1. The summed E-state index contributed by atoms with van der Waals surface area (Å²) in [7, 11) is 13.0. The first kappa shape index (κ1) is 18.9. The third-order valence-electron chi connectivity index (χ3n) is 3.41. The molecule has 1 radical (unpaired) electrons. The summed E-state index contributed by atoms with van der Waals surface area (Å²) < 4.78 is 0. The van der Waals surface area contributed by atoms with Gasteiger partial charge in [-0.15, -0.1) is 0 Å². The molecule has 0 rings (SSSR count). The first-order valence-corrected chi connectivity index (χ1v) is 7.69. The monoisotopic (exact) mass is 270 g/mol. The van der Waals surface area contributed by atoms with Crippen LogP contribution in [0.25, 0.3) is 0 Å². The zero-order valence-corrected chi connectivity index (χ0v) is 14.2. The summed E-state index contributed by atoms with van der Waals surface area (Å²) in [5.41, 5.74) is 0. The summed E-state index contributed by atoms with van der Waals surface area (Å²) in [6.45, 7) is 3.64. The van der Waals surface area contributed by atoms with E-state index in [-0.39, 0.29) is 0 Å². The van der Waals surface area contributed by atoms with Gasteiger partial charge in [0.15, 0.2) is 0 Å². The molecule has 0 aliphatic rings. The molecule has 3 heteroatoms. The van der Waals surface area contributed by atoms with Crippen molar-refractivity contribution < 1.29 is 0 Å². The van der Waals surface area contributed by atoms with Gasteiger partial charge in [0, 0.05) is 0 Å². The molecule has 0 aliphatic heterocycles. The molecule has 0 fully saturated rings. The molecule has 0 N–H and O–H groups in total. The van der Waals surface area contributed by atoms with Crippen molar-refractivity contribution in [2.45, 2.75) is 38.5 Å². The van der Waals surface area contributed by atoms with E-state index < -0.39 is 0 Å². The van der Waals surface area contributed by atoms with Crippen LogP contribution < -0.4 is 0 Å². The molecular formula is C16H36N3. The molecule has 0 aromatic rings. The Labute approximate surface area is 121 Å². The summed E-state index contributed by atoms with van der Waals surface area (Å²) in [4.78, 5) is 6.87. The van der Waals surface area contributed by atoms with Gasteiger partial charge in [-0.2, -0.15) is 0 Å². The normalized spacial score (nSPS) is 12.3. The van der Waals surface area contributed by atoms with E-state index in [9.17, 15) is 0 Å². The van der Waals surface area contributed by atoms with Gasteiger partial charge in [-0.3, -0.25) is 0 Å². The van der Waals surface area contributed by atoms with Gasteiger partial charge < -0.3 is 14.7 Å². The lowest BCUT2D eigenvalue weighted by atomic mass is 9.92. The van der Waals surface area contributed by atoms with Crippen molar-refractivity contribution in [1.29, 1.82) is 0 Å². The largest absolute Gasteiger partial charge is 0.309 e. The van der Waals surface area contributed by atoms with Crippen LogP contribution in [0.5, 0.6) is 0 Å². The smallest absolute Gasteiger partial charge is 0.00246 e. The summed E-state index contributed by atoms with van der Waals surface area (Å²) in [5.74, 6) is 1.78. The van der Waals surface area contributed by atoms with Gasteiger partial charge in [-0.1, -0.05) is 0 Å². The molecule has 3 nitrogen and oxygen atoms in total. The van der Waals surface area contributed by atoms with E-state index in [1.165, 1.54) is 58.2 Å². The Hall–Kier alpha value is -0.120. The van der Waals surface area contributed by atoms with E-state index in [0.717, 1.165) is 0 Å². The van der Waals surface area contributed by atoms with Crippen molar-refractivity contribution in [3.05, 3.63) is 5.92 Å². The second-order valence-electron chi connectivity index (χ2n) is 6.47. The molecule has 0 atom stereocenters. The Morgan fingerprint density at radius 2 is 0.789 bits per heavy atom. The fourth-order valence-corrected chi connectivity index (χ4v) is 2.31. The van der Waals surface area contributed by atoms with E-state index in [1.807, 2.05) is 0 Å². The summed E-state index contributed by atoms with van der Waals surface area (Å²) in [5, 5.41) is 0. The second kappa shape index (κ2) is 11.7. The molecule has 115 valence electrons. The fourth-order valence-electron chi connectivity index (χ4n) is 2.31. The van der Waals surface area contributed by atoms with Gasteiger partial charge in [0.25, 0.3) is 0 Å². The average molecular weight is 270 g/mol. The quantitative estimate of drug-likeness (QED) is 0.540. The van der Waals surface area contributed by atoms with Crippen LogP contribution in [0.1, 0.15) is 38.5 Å². The van der Waals surface area contributed by atoms with Crippen molar-refractivity contribution in [2.24, 2.45) is 0 Å². The van der Waals surface area contributed by atoms with Crippen molar-refractivity contribution >= 4 is 0 Å². The molecule has 0 bridgehead atoms. The molecule has 0 spiro atoms. The second-order valence-corrected chi connectivity index (χ2v) is 6.47. The minimum Gasteiger partial charge on any atom is -0.309 e. The fraction of sp³-hybridized carbons (Fsp3) is 0.938. The maximum Gasteiger partial charge on any atom is -0.00246 e. The van der Waals surface area contributed by atoms with E-state index >= 15 is 0 Å². The van der Waals surface area contributed by atoms with E-state index in [2.05, 4.69) is 57.0 Å². The van der Waals surface area contributed by atoms with Gasteiger partial charge >= 0.3 is 0 Å². The summed E-state index contributed by atoms with van der Waals surface area (Å²) in [6, 6.07) is 0. The number of hydrogen-bond donors (Lipinski definition) is 0. The lowest BCUT2D eigenvalue weighted by Gasteiger charge is -2.20. The summed E-state index contributed by atoms with van der Waals surface area (Å²) >= 11 is 0. The lowest BCUT2D eigenvalue weighted by molar-refractivity contribution is 0.366. The predicted octanol–water partition coefficient (Wildman–Crippen LogP) is 2.59. The maximum atomic E-state index is 2.29. The molecule has 0 saturated carbocycles. The third kappa shape index (κ3) is 14.1. The van der Waals surface area contributed by atoms with Crippen LogP contribution in [0.4, 0.5) is 0 Å². The van der Waals surface area contributed by atoms with E-state index in [4.69, 9.17) is 0 Å². The maximum absolute atomic E-state index is 2.29. The van der Waals surface area contributed by atoms with E-state index in [0.29, 0.717) is 0 Å². The van der Waals surface area contributed by atoms with Crippen LogP contribution in [0, 0.1) is 5.92 Å². The molecule has 0 saturated heterocycles. The minimum absolute atomic E-state index is 1.21. The van der Waals surface area contributed by atoms with E-state index in [1.54, 1.807) is 5.92 Å². The Morgan fingerprint density at radius 1 is 0.526 bits per heavy atom. The molecule has 0 heterocycles. The number of rotatable bonds is 12. The van der Waals surface area contributed by atoms with Crippen LogP contribution in [0.15, 0.2) is 0 Å². The first-order valence-electron chi connectivity index (χ1n) is 7.69. The van der Waals surface area contributed by atoms with Crippen molar-refractivity contribution in [2.75, 3.05) is 61.9 Å². The summed E-state index contributed by atoms with van der Waals surface area (Å²) in [6.07, 6.45) is 7.89. The third-order valence-corrected chi connectivity index (χ3v) is 3.41. The Bertz CT molecular complexity index is 157. The van der Waals surface area contributed by atoms with Crippen LogP contribution in [0.2, 0.25) is 0 Å². The minimum atomic E-state index is 1.21. The van der Waals surface area contributed by atoms with Crippen LogP contribution in [-0.4, -0.2) is 76.6 Å². The average Bonchev–Trinajstić information content (AvgIpc) is 2.26. The highest BCUT2D eigenvalue weighted by molar-refractivity contribution is 4.89. The predicted molar refractivity (Wildman–Crippen MR) is 86.6 cm³/mol. The molecule has 0 amide bonds. The van der Waals surface area contributed by atoms with Crippen LogP contribution >= 0.6 is 0 Å². The molecule has 0 unspecified atom stereocenters. The SMILES string of the molecule is CN(C)CCC[C](CCCN(C)C)CCCN(C)C. The molecule has 0 aromatic carbocycles. The number of hydrogen-bond acceptors (Lipinski definition) is 3. The highest BCUT2D eigenvalue weighted by Gasteiger charge is 2.10. The topological polar surface area (TPSA) is 9.72 Å². The zero-order valence-electron chi connectivity index (χ0n) is 14.2. The lowest BCUT2D eigenvalue weighted by Crippen LogP contribution is -2.17. The molecule has 0 aliphatic carbocycles. The zero-order chi connectivity index (χ0) is 14.7. The van der Waals surface area contributed by atoms with Crippen molar-refractivity contribution in [3.8, 4) is 0 Å². The molecule has 19 heavy (non-hydrogen) atoms. The van der Waals surface area contributed by atoms with Gasteiger partial charge in [-0.25, -0.2) is 0 Å². The Balaban J connectivity index is 3.85. The number of nitrogens with zero attached hydrogens (tertiary/aromatic N) is 3. The highest BCUT2D eigenvalue weighted by Crippen LogP contribution is 2.22. The van der Waals surface area contributed by atoms with Gasteiger partial charge in [0.2, 0.25) is 0 Å². The van der Waals surface area contributed by atoms with Crippen LogP contribution in [-0.2, 0) is 0 Å². The molecular weight excluding hydrogens is 234 g/mol. The standard InChI is InChI=1S/C16H36N3/c1-17(2)13-7-10-16(11-8-14-18(3)4)12-9-15-19(5)6/h7-15H2,1-6H3. The molecule has 0 aromatic heterocycles. The Kier molecular flexibility index (Phi) is 11.6. The van der Waals surface area contributed by atoms with Crippen molar-refractivity contribution in [3.63, 3.8) is 0 Å². The van der Waals surface area contributed by atoms with Gasteiger partial charge in [0.1, 0.15) is 0 Å². The Morgan fingerprint density at radius 3 is 1.00 bits per heavy atom. The van der Waals surface area contributed by atoms with Crippen LogP contribution in [0.3, 0.4) is 0 Å². The van der Waals surface area contributed by atoms with Gasteiger partial charge in [0.05, 0.1) is 0 Å². The first-order chi connectivity index (χ1) is 8.91. The van der Waals surface area contributed by atoms with Crippen molar-refractivity contribution in [1.82, 2.24) is 14.7 Å². The van der Waals surface area contributed by atoms with Gasteiger partial charge in [-0.05, 0) is 106 Å².